The summed E-state index contributed by atoms with van der Waals surface area (Å²) in [5.74, 6) is 0.764. The van der Waals surface area contributed by atoms with Gasteiger partial charge in [-0.2, -0.15) is 0 Å². The van der Waals surface area contributed by atoms with Gasteiger partial charge in [-0.05, 0) is 36.6 Å². The molecular weight excluding hydrogens is 234 g/mol. The van der Waals surface area contributed by atoms with Crippen molar-refractivity contribution in [3.8, 4) is 0 Å². The first-order chi connectivity index (χ1) is 9.24. The van der Waals surface area contributed by atoms with E-state index in [0.29, 0.717) is 24.2 Å². The predicted octanol–water partition coefficient (Wildman–Crippen LogP) is 3.20. The van der Waals surface area contributed by atoms with Crippen LogP contribution in [-0.2, 0) is 4.79 Å². The van der Waals surface area contributed by atoms with Crippen molar-refractivity contribution in [3.05, 3.63) is 47.6 Å². The van der Waals surface area contributed by atoms with Crippen LogP contribution in [0.25, 0.3) is 5.57 Å². The minimum Gasteiger partial charge on any atom is -0.363 e. The van der Waals surface area contributed by atoms with Gasteiger partial charge >= 0.3 is 0 Å². The van der Waals surface area contributed by atoms with Crippen LogP contribution in [0.3, 0.4) is 0 Å². The molecule has 0 radical (unpaired) electrons. The third-order valence-electron chi connectivity index (χ3n) is 4.77. The highest BCUT2D eigenvalue weighted by atomic mass is 16.1. The van der Waals surface area contributed by atoms with Gasteiger partial charge in [-0.1, -0.05) is 24.3 Å². The fourth-order valence-electron chi connectivity index (χ4n) is 3.82. The van der Waals surface area contributed by atoms with Crippen LogP contribution in [0, 0.1) is 5.92 Å². The number of ketones is 1. The highest BCUT2D eigenvalue weighted by molar-refractivity contribution is 5.94. The van der Waals surface area contributed by atoms with Gasteiger partial charge < -0.3 is 4.90 Å². The van der Waals surface area contributed by atoms with Gasteiger partial charge in [-0.15, -0.1) is 0 Å². The maximum atomic E-state index is 11.6. The van der Waals surface area contributed by atoms with E-state index in [2.05, 4.69) is 42.2 Å². The first kappa shape index (κ1) is 11.0. The van der Waals surface area contributed by atoms with Crippen LogP contribution in [0.1, 0.15) is 25.3 Å². The highest BCUT2D eigenvalue weighted by Crippen LogP contribution is 2.44. The molecule has 1 saturated heterocycles. The predicted molar refractivity (Wildman–Crippen MR) is 77.0 cm³/mol. The van der Waals surface area contributed by atoms with E-state index in [0.717, 1.165) is 13.0 Å². The molecule has 2 aliphatic heterocycles. The maximum absolute atomic E-state index is 11.6. The molecule has 19 heavy (non-hydrogen) atoms. The summed E-state index contributed by atoms with van der Waals surface area (Å²) in [5, 5.41) is 0. The third-order valence-corrected chi connectivity index (χ3v) is 4.77. The summed E-state index contributed by atoms with van der Waals surface area (Å²) in [6.45, 7) is 3.12. The lowest BCUT2D eigenvalue weighted by Crippen LogP contribution is -2.32. The van der Waals surface area contributed by atoms with E-state index < -0.39 is 0 Å². The Balaban J connectivity index is 1.84. The molecule has 96 valence electrons. The molecule has 0 aromatic heterocycles. The van der Waals surface area contributed by atoms with Gasteiger partial charge in [0, 0.05) is 36.2 Å². The minimum atomic E-state index is 0.317. The van der Waals surface area contributed by atoms with Gasteiger partial charge in [0.05, 0.1) is 0 Å². The maximum Gasteiger partial charge on any atom is 0.156 e. The van der Waals surface area contributed by atoms with Gasteiger partial charge in [0.1, 0.15) is 0 Å². The second-order valence-electron chi connectivity index (χ2n) is 5.83. The molecule has 2 nitrogen and oxygen atoms in total. The van der Waals surface area contributed by atoms with Crippen molar-refractivity contribution >= 4 is 17.0 Å². The van der Waals surface area contributed by atoms with Gasteiger partial charge in [0.15, 0.2) is 5.78 Å². The van der Waals surface area contributed by atoms with E-state index >= 15 is 0 Å². The third kappa shape index (κ3) is 1.52. The lowest BCUT2D eigenvalue weighted by molar-refractivity contribution is -0.114. The molecule has 1 fully saturated rings. The number of carbonyl (C=O) groups is 1. The summed E-state index contributed by atoms with van der Waals surface area (Å²) >= 11 is 0. The number of hydrogen-bond donors (Lipinski definition) is 0. The Labute approximate surface area is 113 Å². The average molecular weight is 251 g/mol. The Morgan fingerprint density at radius 3 is 3.00 bits per heavy atom. The number of nitrogens with zero attached hydrogens (tertiary/aromatic N) is 1. The Morgan fingerprint density at radius 1 is 1.26 bits per heavy atom. The Kier molecular flexibility index (Phi) is 2.22. The van der Waals surface area contributed by atoms with Gasteiger partial charge in [0.25, 0.3) is 0 Å². The van der Waals surface area contributed by atoms with Crippen molar-refractivity contribution in [2.75, 3.05) is 11.4 Å². The number of anilines is 1. The number of carbonyl (C=O) groups excluding carboxylic acids is 1. The molecule has 1 aromatic carbocycles. The van der Waals surface area contributed by atoms with Crippen LogP contribution in [0.15, 0.2) is 42.0 Å². The Hall–Kier alpha value is -1.83. The first-order valence-corrected chi connectivity index (χ1v) is 7.00. The van der Waals surface area contributed by atoms with E-state index in [1.807, 2.05) is 6.08 Å². The normalized spacial score (nSPS) is 28.3. The zero-order valence-electron chi connectivity index (χ0n) is 11.1. The number of rotatable bonds is 0. The number of benzene rings is 1. The van der Waals surface area contributed by atoms with E-state index in [1.54, 1.807) is 0 Å². The molecule has 4 rings (SSSR count). The molecule has 1 aromatic rings. The molecule has 2 heteroatoms. The van der Waals surface area contributed by atoms with Crippen molar-refractivity contribution in [2.45, 2.75) is 25.8 Å². The average Bonchev–Trinajstić information content (AvgIpc) is 2.88. The van der Waals surface area contributed by atoms with Gasteiger partial charge in [-0.3, -0.25) is 4.79 Å². The summed E-state index contributed by atoms with van der Waals surface area (Å²) in [4.78, 5) is 14.1. The van der Waals surface area contributed by atoms with E-state index in [9.17, 15) is 4.79 Å². The molecular formula is C17H17NO. The van der Waals surface area contributed by atoms with Crippen LogP contribution >= 0.6 is 0 Å². The second kappa shape index (κ2) is 3.83. The fourth-order valence-corrected chi connectivity index (χ4v) is 3.82. The number of fused-ring (bicyclic) bond motifs is 5. The van der Waals surface area contributed by atoms with E-state index in [-0.39, 0.29) is 0 Å². The number of para-hydroxylation sites is 1. The summed E-state index contributed by atoms with van der Waals surface area (Å²) < 4.78 is 0. The van der Waals surface area contributed by atoms with Crippen molar-refractivity contribution in [1.29, 1.82) is 0 Å². The molecule has 0 N–H and O–H groups in total. The molecule has 1 aliphatic carbocycles. The molecule has 0 unspecified atom stereocenters. The monoisotopic (exact) mass is 251 g/mol. The van der Waals surface area contributed by atoms with Crippen molar-refractivity contribution in [3.63, 3.8) is 0 Å². The van der Waals surface area contributed by atoms with E-state index in [1.165, 1.54) is 22.4 Å². The largest absolute Gasteiger partial charge is 0.363 e. The molecule has 2 atom stereocenters. The van der Waals surface area contributed by atoms with Crippen molar-refractivity contribution in [2.24, 2.45) is 5.92 Å². The minimum absolute atomic E-state index is 0.317. The van der Waals surface area contributed by atoms with E-state index in [4.69, 9.17) is 0 Å². The first-order valence-electron chi connectivity index (χ1n) is 7.00. The Bertz CT molecular complexity index is 626. The standard InChI is InChI=1S/C17H17NO/c1-11-6-7-17-15-9-13(19)8-12(15)10-18(17)16-5-3-2-4-14(11)16/h2-6,8,15,17H,7,9-10H2,1H3/t15-,17+/m0/s1. The fraction of sp³-hybridized carbons (Fsp3) is 0.353. The van der Waals surface area contributed by atoms with Crippen LogP contribution in [0.5, 0.6) is 0 Å². The lowest BCUT2D eigenvalue weighted by atomic mass is 9.94. The topological polar surface area (TPSA) is 20.3 Å². The van der Waals surface area contributed by atoms with Crippen LogP contribution < -0.4 is 4.90 Å². The van der Waals surface area contributed by atoms with Gasteiger partial charge in [0.2, 0.25) is 0 Å². The molecule has 3 aliphatic rings. The summed E-state index contributed by atoms with van der Waals surface area (Å²) in [6, 6.07) is 9.11. The van der Waals surface area contributed by atoms with Crippen molar-refractivity contribution < 1.29 is 4.79 Å². The molecule has 0 bridgehead atoms. The van der Waals surface area contributed by atoms with Gasteiger partial charge in [-0.25, -0.2) is 0 Å². The summed E-state index contributed by atoms with van der Waals surface area (Å²) in [7, 11) is 0. The van der Waals surface area contributed by atoms with Crippen LogP contribution in [0.4, 0.5) is 5.69 Å². The molecule has 0 amide bonds. The van der Waals surface area contributed by atoms with Crippen LogP contribution in [-0.4, -0.2) is 18.4 Å². The Morgan fingerprint density at radius 2 is 2.11 bits per heavy atom. The summed E-state index contributed by atoms with van der Waals surface area (Å²) in [5.41, 5.74) is 5.39. The summed E-state index contributed by atoms with van der Waals surface area (Å²) in [6.07, 6.45) is 6.00. The zero-order chi connectivity index (χ0) is 13.0. The molecule has 0 saturated carbocycles. The molecule has 2 heterocycles. The lowest BCUT2D eigenvalue weighted by Gasteiger charge is -2.28. The number of allylic oxidation sites excluding steroid dienone is 2. The second-order valence-corrected chi connectivity index (χ2v) is 5.83. The SMILES string of the molecule is CC1=CC[C@@H]2[C@H]3CC(=O)C=C3CN2c2ccccc21. The number of hydrogen-bond acceptors (Lipinski definition) is 2. The highest BCUT2D eigenvalue weighted by Gasteiger charge is 2.42. The smallest absolute Gasteiger partial charge is 0.156 e. The molecule has 0 spiro atoms. The quantitative estimate of drug-likeness (QED) is 0.705. The zero-order valence-corrected chi connectivity index (χ0v) is 11.1. The van der Waals surface area contributed by atoms with Crippen molar-refractivity contribution in [1.82, 2.24) is 0 Å². The van der Waals surface area contributed by atoms with Crippen LogP contribution in [0.2, 0.25) is 0 Å².